The Morgan fingerprint density at radius 3 is 2.75 bits per heavy atom. The van der Waals surface area contributed by atoms with E-state index in [1.54, 1.807) is 6.07 Å². The van der Waals surface area contributed by atoms with E-state index in [9.17, 15) is 15.2 Å². The van der Waals surface area contributed by atoms with Gasteiger partial charge >= 0.3 is 5.69 Å². The molecule has 1 aromatic carbocycles. The second kappa shape index (κ2) is 5.32. The van der Waals surface area contributed by atoms with E-state index in [1.807, 2.05) is 0 Å². The molecule has 0 saturated carbocycles. The highest BCUT2D eigenvalue weighted by atomic mass is 16.6. The average Bonchev–Trinajstić information content (AvgIpc) is 2.27. The van der Waals surface area contributed by atoms with E-state index in [2.05, 4.69) is 0 Å². The second-order valence-electron chi connectivity index (χ2n) is 3.32. The molecule has 0 bridgehead atoms. The van der Waals surface area contributed by atoms with Gasteiger partial charge in [-0.05, 0) is 31.0 Å². The number of nitrogens with zero attached hydrogens (tertiary/aromatic N) is 1. The number of nitrogens with two attached hydrogens (primary N) is 1. The van der Waals surface area contributed by atoms with E-state index >= 15 is 0 Å². The number of methoxy groups -OCH3 is 1. The number of aromatic hydroxyl groups is 1. The van der Waals surface area contributed by atoms with E-state index in [-0.39, 0.29) is 11.4 Å². The molecule has 6 nitrogen and oxygen atoms in total. The van der Waals surface area contributed by atoms with Gasteiger partial charge in [-0.3, -0.25) is 10.1 Å². The summed E-state index contributed by atoms with van der Waals surface area (Å²) in [6.45, 7) is 0.511. The molecule has 0 spiro atoms. The first-order valence-corrected chi connectivity index (χ1v) is 4.84. The zero-order chi connectivity index (χ0) is 12.1. The number of ether oxygens (including phenoxy) is 1. The molecular formula is C10H14N2O4. The number of nitro groups is 1. The van der Waals surface area contributed by atoms with Crippen molar-refractivity contribution in [2.75, 3.05) is 13.7 Å². The quantitative estimate of drug-likeness (QED) is 0.580. The molecule has 0 unspecified atom stereocenters. The normalized spacial score (nSPS) is 10.1. The van der Waals surface area contributed by atoms with Gasteiger partial charge in [0, 0.05) is 6.07 Å². The number of aryl methyl sites for hydroxylation is 1. The van der Waals surface area contributed by atoms with E-state index in [0.29, 0.717) is 13.0 Å². The van der Waals surface area contributed by atoms with E-state index in [4.69, 9.17) is 10.5 Å². The fourth-order valence-corrected chi connectivity index (χ4v) is 1.39. The fraction of sp³-hybridized carbons (Fsp3) is 0.400. The Morgan fingerprint density at radius 2 is 2.25 bits per heavy atom. The average molecular weight is 226 g/mol. The zero-order valence-corrected chi connectivity index (χ0v) is 8.97. The van der Waals surface area contributed by atoms with Gasteiger partial charge in [0.05, 0.1) is 12.0 Å². The van der Waals surface area contributed by atoms with Crippen LogP contribution < -0.4 is 10.5 Å². The Morgan fingerprint density at radius 1 is 1.56 bits per heavy atom. The Labute approximate surface area is 92.8 Å². The molecule has 0 aromatic heterocycles. The molecule has 3 N–H and O–H groups in total. The number of rotatable bonds is 5. The van der Waals surface area contributed by atoms with Crippen molar-refractivity contribution in [1.29, 1.82) is 0 Å². The van der Waals surface area contributed by atoms with Gasteiger partial charge in [-0.1, -0.05) is 0 Å². The molecule has 0 heterocycles. The van der Waals surface area contributed by atoms with Gasteiger partial charge in [0.25, 0.3) is 0 Å². The molecule has 1 rings (SSSR count). The standard InChI is InChI=1S/C10H14N2O4/c1-16-9-6-7(3-2-4-11)5-8(10(9)13)12(14)15/h5-6,13H,2-4,11H2,1H3. The number of phenols is 1. The summed E-state index contributed by atoms with van der Waals surface area (Å²) in [6, 6.07) is 2.92. The summed E-state index contributed by atoms with van der Waals surface area (Å²) in [7, 11) is 1.35. The van der Waals surface area contributed by atoms with Crippen molar-refractivity contribution in [3.8, 4) is 11.5 Å². The molecule has 0 aliphatic heterocycles. The van der Waals surface area contributed by atoms with Gasteiger partial charge in [0.15, 0.2) is 5.75 Å². The first kappa shape index (κ1) is 12.3. The summed E-state index contributed by atoms with van der Waals surface area (Å²) in [5.74, 6) is -0.329. The predicted molar refractivity (Wildman–Crippen MR) is 58.7 cm³/mol. The highest BCUT2D eigenvalue weighted by Crippen LogP contribution is 2.37. The summed E-state index contributed by atoms with van der Waals surface area (Å²) in [4.78, 5) is 10.0. The highest BCUT2D eigenvalue weighted by Gasteiger charge is 2.19. The minimum absolute atomic E-state index is 0.112. The Kier molecular flexibility index (Phi) is 4.07. The third-order valence-electron chi connectivity index (χ3n) is 2.20. The third kappa shape index (κ3) is 2.60. The topological polar surface area (TPSA) is 98.6 Å². The van der Waals surface area contributed by atoms with Crippen LogP contribution in [0.5, 0.6) is 11.5 Å². The number of phenolic OH excluding ortho intramolecular Hbond substituents is 1. The number of hydrogen-bond acceptors (Lipinski definition) is 5. The van der Waals surface area contributed by atoms with Gasteiger partial charge < -0.3 is 15.6 Å². The molecule has 0 amide bonds. The Hall–Kier alpha value is -1.82. The van der Waals surface area contributed by atoms with E-state index < -0.39 is 10.7 Å². The van der Waals surface area contributed by atoms with Crippen molar-refractivity contribution in [3.05, 3.63) is 27.8 Å². The molecule has 88 valence electrons. The van der Waals surface area contributed by atoms with Crippen molar-refractivity contribution in [3.63, 3.8) is 0 Å². The molecule has 0 atom stereocenters. The summed E-state index contributed by atoms with van der Waals surface area (Å²) < 4.78 is 4.87. The van der Waals surface area contributed by atoms with Crippen molar-refractivity contribution >= 4 is 5.69 Å². The minimum Gasteiger partial charge on any atom is -0.500 e. The number of benzene rings is 1. The van der Waals surface area contributed by atoms with Gasteiger partial charge in [-0.2, -0.15) is 0 Å². The lowest BCUT2D eigenvalue weighted by atomic mass is 10.1. The lowest BCUT2D eigenvalue weighted by Crippen LogP contribution is -2.01. The van der Waals surface area contributed by atoms with Crippen LogP contribution in [0.25, 0.3) is 0 Å². The maximum absolute atomic E-state index is 10.7. The maximum atomic E-state index is 10.7. The van der Waals surface area contributed by atoms with Crippen LogP contribution in [-0.2, 0) is 6.42 Å². The minimum atomic E-state index is -0.635. The molecule has 16 heavy (non-hydrogen) atoms. The van der Waals surface area contributed by atoms with Crippen LogP contribution in [0.2, 0.25) is 0 Å². The van der Waals surface area contributed by atoms with Crippen LogP contribution >= 0.6 is 0 Å². The summed E-state index contributed by atoms with van der Waals surface area (Å²) >= 11 is 0. The predicted octanol–water partition coefficient (Wildman–Crippen LogP) is 1.20. The van der Waals surface area contributed by atoms with Crippen molar-refractivity contribution in [2.45, 2.75) is 12.8 Å². The maximum Gasteiger partial charge on any atom is 0.314 e. The fourth-order valence-electron chi connectivity index (χ4n) is 1.39. The van der Waals surface area contributed by atoms with Gasteiger partial charge in [-0.15, -0.1) is 0 Å². The molecule has 6 heteroatoms. The SMILES string of the molecule is COc1cc(CCCN)cc([N+](=O)[O-])c1O. The van der Waals surface area contributed by atoms with Gasteiger partial charge in [0.1, 0.15) is 0 Å². The molecule has 1 aromatic rings. The number of nitro benzene ring substituents is 1. The highest BCUT2D eigenvalue weighted by molar-refractivity contribution is 5.57. The largest absolute Gasteiger partial charge is 0.500 e. The van der Waals surface area contributed by atoms with Crippen LogP contribution in [-0.4, -0.2) is 23.7 Å². The Balaban J connectivity index is 3.12. The van der Waals surface area contributed by atoms with Gasteiger partial charge in [-0.25, -0.2) is 0 Å². The second-order valence-corrected chi connectivity index (χ2v) is 3.32. The van der Waals surface area contributed by atoms with Gasteiger partial charge in [0.2, 0.25) is 5.75 Å². The van der Waals surface area contributed by atoms with Crippen molar-refractivity contribution in [1.82, 2.24) is 0 Å². The number of hydrogen-bond donors (Lipinski definition) is 2. The van der Waals surface area contributed by atoms with E-state index in [1.165, 1.54) is 13.2 Å². The first-order chi connectivity index (χ1) is 7.60. The lowest BCUT2D eigenvalue weighted by molar-refractivity contribution is -0.386. The van der Waals surface area contributed by atoms with Crippen LogP contribution in [0, 0.1) is 10.1 Å². The van der Waals surface area contributed by atoms with Crippen LogP contribution in [0.15, 0.2) is 12.1 Å². The molecule has 0 saturated heterocycles. The van der Waals surface area contributed by atoms with Crippen molar-refractivity contribution < 1.29 is 14.8 Å². The van der Waals surface area contributed by atoms with Crippen LogP contribution in [0.3, 0.4) is 0 Å². The first-order valence-electron chi connectivity index (χ1n) is 4.84. The smallest absolute Gasteiger partial charge is 0.314 e. The monoisotopic (exact) mass is 226 g/mol. The van der Waals surface area contributed by atoms with E-state index in [0.717, 1.165) is 12.0 Å². The summed E-state index contributed by atoms with van der Waals surface area (Å²) in [6.07, 6.45) is 1.35. The van der Waals surface area contributed by atoms with Crippen LogP contribution in [0.1, 0.15) is 12.0 Å². The molecule has 0 fully saturated rings. The molecule has 0 radical (unpaired) electrons. The summed E-state index contributed by atoms with van der Waals surface area (Å²) in [5, 5.41) is 20.2. The lowest BCUT2D eigenvalue weighted by Gasteiger charge is -2.07. The third-order valence-corrected chi connectivity index (χ3v) is 2.20. The molecule has 0 aliphatic rings. The summed E-state index contributed by atoms with van der Waals surface area (Å²) in [5.41, 5.74) is 5.75. The zero-order valence-electron chi connectivity index (χ0n) is 8.97. The van der Waals surface area contributed by atoms with Crippen molar-refractivity contribution in [2.24, 2.45) is 5.73 Å². The molecule has 0 aliphatic carbocycles. The Bertz CT molecular complexity index is 393. The molecular weight excluding hydrogens is 212 g/mol. The van der Waals surface area contributed by atoms with Crippen LogP contribution in [0.4, 0.5) is 5.69 Å².